The fourth-order valence-electron chi connectivity index (χ4n) is 3.50. The second-order valence-corrected chi connectivity index (χ2v) is 8.06. The molecule has 1 aliphatic carbocycles. The summed E-state index contributed by atoms with van der Waals surface area (Å²) in [6.07, 6.45) is 2.66. The van der Waals surface area contributed by atoms with Gasteiger partial charge in [-0.1, -0.05) is 42.1 Å². The number of thioether (sulfide) groups is 1. The van der Waals surface area contributed by atoms with E-state index in [4.69, 9.17) is 4.74 Å². The summed E-state index contributed by atoms with van der Waals surface area (Å²) < 4.78 is 5.05. The molecule has 2 heterocycles. The molecule has 0 bridgehead atoms. The van der Waals surface area contributed by atoms with Crippen molar-refractivity contribution >= 4 is 28.8 Å². The minimum Gasteiger partial charge on any atom is -0.466 e. The molecule has 1 aromatic carbocycles. The Bertz CT molecular complexity index is 887. The molecule has 0 aromatic heterocycles. The summed E-state index contributed by atoms with van der Waals surface area (Å²) in [5, 5.41) is 5.76. The number of hydrogen-bond donors (Lipinski definition) is 1. The fourth-order valence-corrected chi connectivity index (χ4v) is 4.46. The van der Waals surface area contributed by atoms with E-state index in [9.17, 15) is 9.59 Å². The topological polar surface area (TPSA) is 71.0 Å². The molecular formula is C21H23N3O3S. The Morgan fingerprint density at radius 3 is 2.71 bits per heavy atom. The number of carbonyl (C=O) groups excluding carboxylic acids is 2. The van der Waals surface area contributed by atoms with Crippen molar-refractivity contribution in [3.05, 3.63) is 58.3 Å². The molecule has 1 unspecified atom stereocenters. The highest BCUT2D eigenvalue weighted by Gasteiger charge is 2.40. The maximum Gasteiger partial charge on any atom is 0.338 e. The Morgan fingerprint density at radius 2 is 2.04 bits per heavy atom. The first-order valence-electron chi connectivity index (χ1n) is 9.43. The van der Waals surface area contributed by atoms with E-state index in [0.717, 1.165) is 23.0 Å². The van der Waals surface area contributed by atoms with Crippen LogP contribution in [0.3, 0.4) is 0 Å². The van der Waals surface area contributed by atoms with Gasteiger partial charge in [-0.3, -0.25) is 4.79 Å². The van der Waals surface area contributed by atoms with Crippen molar-refractivity contribution in [1.82, 2.24) is 10.2 Å². The van der Waals surface area contributed by atoms with Crippen LogP contribution in [0.25, 0.3) is 0 Å². The number of amides is 1. The number of ether oxygens (including phenoxy) is 1. The monoisotopic (exact) mass is 397 g/mol. The largest absolute Gasteiger partial charge is 0.466 e. The van der Waals surface area contributed by atoms with Crippen molar-refractivity contribution in [2.45, 2.75) is 32.2 Å². The van der Waals surface area contributed by atoms with Crippen molar-refractivity contribution in [1.29, 1.82) is 0 Å². The number of aliphatic imine (C=N–C) groups is 1. The maximum atomic E-state index is 12.6. The minimum absolute atomic E-state index is 0.00213. The summed E-state index contributed by atoms with van der Waals surface area (Å²) in [5.41, 5.74) is 2.96. The van der Waals surface area contributed by atoms with Crippen LogP contribution in [0.15, 0.2) is 57.7 Å². The summed E-state index contributed by atoms with van der Waals surface area (Å²) in [6.45, 7) is 2.57. The molecule has 146 valence electrons. The first-order valence-corrected chi connectivity index (χ1v) is 10.3. The van der Waals surface area contributed by atoms with E-state index in [1.165, 1.54) is 31.7 Å². The van der Waals surface area contributed by atoms with Crippen LogP contribution in [-0.2, 0) is 14.3 Å². The van der Waals surface area contributed by atoms with E-state index >= 15 is 0 Å². The van der Waals surface area contributed by atoms with Gasteiger partial charge in [0.1, 0.15) is 0 Å². The SMILES string of the molecule is COC(=O)C1=C(C)N=C2SC=C(CC(=O)NCC3CC3)N2C1c1ccccc1. The predicted octanol–water partition coefficient (Wildman–Crippen LogP) is 3.35. The predicted molar refractivity (Wildman–Crippen MR) is 109 cm³/mol. The Labute approximate surface area is 168 Å². The average Bonchev–Trinajstić information content (AvgIpc) is 3.46. The summed E-state index contributed by atoms with van der Waals surface area (Å²) in [7, 11) is 1.38. The van der Waals surface area contributed by atoms with E-state index < -0.39 is 5.97 Å². The third-order valence-corrected chi connectivity index (χ3v) is 6.04. The van der Waals surface area contributed by atoms with Crippen LogP contribution < -0.4 is 5.32 Å². The van der Waals surface area contributed by atoms with Crippen LogP contribution in [0.5, 0.6) is 0 Å². The van der Waals surface area contributed by atoms with Crippen LogP contribution in [0.2, 0.25) is 0 Å². The van der Waals surface area contributed by atoms with E-state index in [2.05, 4.69) is 10.3 Å². The van der Waals surface area contributed by atoms with Crippen LogP contribution in [-0.4, -0.2) is 35.6 Å². The van der Waals surface area contributed by atoms with Crippen molar-refractivity contribution < 1.29 is 14.3 Å². The zero-order chi connectivity index (χ0) is 19.7. The van der Waals surface area contributed by atoms with E-state index in [-0.39, 0.29) is 18.4 Å². The standard InChI is InChI=1S/C21H23N3O3S/c1-13-18(20(26)27-2)19(15-6-4-3-5-7-15)24-16(12-28-21(24)23-13)10-17(25)22-11-14-8-9-14/h3-7,12,14,19H,8-11H2,1-2H3,(H,22,25). The number of nitrogens with one attached hydrogen (secondary N) is 1. The molecule has 1 amide bonds. The molecule has 7 heteroatoms. The number of rotatable bonds is 6. The molecule has 1 fully saturated rings. The number of carbonyl (C=O) groups is 2. The van der Waals surface area contributed by atoms with Crippen LogP contribution >= 0.6 is 11.8 Å². The molecule has 0 saturated heterocycles. The van der Waals surface area contributed by atoms with Gasteiger partial charge in [-0.05, 0) is 36.7 Å². The van der Waals surface area contributed by atoms with E-state index in [0.29, 0.717) is 17.2 Å². The van der Waals surface area contributed by atoms with Gasteiger partial charge in [0.25, 0.3) is 0 Å². The summed E-state index contributed by atoms with van der Waals surface area (Å²) in [4.78, 5) is 31.6. The molecule has 1 aromatic rings. The second-order valence-electron chi connectivity index (χ2n) is 7.22. The highest BCUT2D eigenvalue weighted by Crippen LogP contribution is 2.44. The Balaban J connectivity index is 1.64. The lowest BCUT2D eigenvalue weighted by Crippen LogP contribution is -2.38. The number of nitrogens with zero attached hydrogens (tertiary/aromatic N) is 2. The van der Waals surface area contributed by atoms with Crippen molar-refractivity contribution in [2.75, 3.05) is 13.7 Å². The number of methoxy groups -OCH3 is 1. The van der Waals surface area contributed by atoms with Gasteiger partial charge in [0.15, 0.2) is 5.17 Å². The van der Waals surface area contributed by atoms with Gasteiger partial charge in [-0.2, -0.15) is 0 Å². The van der Waals surface area contributed by atoms with Gasteiger partial charge in [0.05, 0.1) is 30.8 Å². The second kappa shape index (κ2) is 7.83. The normalized spacial score (nSPS) is 21.1. The van der Waals surface area contributed by atoms with Gasteiger partial charge in [-0.15, -0.1) is 0 Å². The zero-order valence-corrected chi connectivity index (χ0v) is 16.8. The lowest BCUT2D eigenvalue weighted by Gasteiger charge is -2.36. The highest BCUT2D eigenvalue weighted by molar-refractivity contribution is 8.16. The van der Waals surface area contributed by atoms with E-state index in [1.807, 2.05) is 47.6 Å². The number of amidine groups is 1. The molecular weight excluding hydrogens is 374 g/mol. The first kappa shape index (κ1) is 18.8. The average molecular weight is 398 g/mol. The van der Waals surface area contributed by atoms with Gasteiger partial charge in [0.2, 0.25) is 5.91 Å². The van der Waals surface area contributed by atoms with Gasteiger partial charge in [0, 0.05) is 12.2 Å². The zero-order valence-electron chi connectivity index (χ0n) is 16.0. The van der Waals surface area contributed by atoms with Crippen molar-refractivity contribution in [3.63, 3.8) is 0 Å². The summed E-state index contributed by atoms with van der Waals surface area (Å²) in [5.74, 6) is 0.234. The summed E-state index contributed by atoms with van der Waals surface area (Å²) >= 11 is 1.48. The molecule has 0 spiro atoms. The van der Waals surface area contributed by atoms with Gasteiger partial charge < -0.3 is 15.0 Å². The quantitative estimate of drug-likeness (QED) is 0.746. The molecule has 4 rings (SSSR count). The minimum atomic E-state index is -0.399. The molecule has 28 heavy (non-hydrogen) atoms. The van der Waals surface area contributed by atoms with Crippen molar-refractivity contribution in [2.24, 2.45) is 10.9 Å². The molecule has 1 saturated carbocycles. The highest BCUT2D eigenvalue weighted by atomic mass is 32.2. The summed E-state index contributed by atoms with van der Waals surface area (Å²) in [6, 6.07) is 9.43. The molecule has 1 atom stereocenters. The maximum absolute atomic E-state index is 12.6. The van der Waals surface area contributed by atoms with Crippen LogP contribution in [0.4, 0.5) is 0 Å². The third kappa shape index (κ3) is 3.71. The third-order valence-electron chi connectivity index (χ3n) is 5.15. The van der Waals surface area contributed by atoms with Gasteiger partial charge in [-0.25, -0.2) is 9.79 Å². The number of esters is 1. The number of fused-ring (bicyclic) bond motifs is 1. The van der Waals surface area contributed by atoms with Gasteiger partial charge >= 0.3 is 5.97 Å². The Morgan fingerprint density at radius 1 is 1.29 bits per heavy atom. The molecule has 3 aliphatic rings. The van der Waals surface area contributed by atoms with Crippen LogP contribution in [0.1, 0.15) is 37.8 Å². The number of hydrogen-bond acceptors (Lipinski definition) is 6. The first-order chi connectivity index (χ1) is 13.6. The molecule has 0 radical (unpaired) electrons. The van der Waals surface area contributed by atoms with Crippen molar-refractivity contribution in [3.8, 4) is 0 Å². The Hall–Kier alpha value is -2.54. The molecule has 2 aliphatic heterocycles. The lowest BCUT2D eigenvalue weighted by molar-refractivity contribution is -0.136. The van der Waals surface area contributed by atoms with Crippen LogP contribution in [0, 0.1) is 5.92 Å². The Kier molecular flexibility index (Phi) is 5.26. The van der Waals surface area contributed by atoms with E-state index in [1.54, 1.807) is 0 Å². The smallest absolute Gasteiger partial charge is 0.338 e. The number of benzene rings is 1. The molecule has 1 N–H and O–H groups in total. The lowest BCUT2D eigenvalue weighted by atomic mass is 9.94. The number of allylic oxidation sites excluding steroid dienone is 1. The molecule has 6 nitrogen and oxygen atoms in total. The fraction of sp³-hybridized carbons (Fsp3) is 0.381.